The van der Waals surface area contributed by atoms with E-state index in [9.17, 15) is 14.9 Å². The third-order valence-corrected chi connectivity index (χ3v) is 6.82. The van der Waals surface area contributed by atoms with E-state index in [4.69, 9.17) is 11.6 Å². The van der Waals surface area contributed by atoms with Crippen molar-refractivity contribution in [3.05, 3.63) is 71.2 Å². The molecule has 2 aromatic heterocycles. The Morgan fingerprint density at radius 2 is 1.90 bits per heavy atom. The molecule has 5 nitrogen and oxygen atoms in total. The van der Waals surface area contributed by atoms with Crippen LogP contribution in [0.3, 0.4) is 0 Å². The minimum atomic E-state index is -0.323. The maximum atomic E-state index is 13.2. The summed E-state index contributed by atoms with van der Waals surface area (Å²) in [6, 6.07) is 12.7. The molecule has 4 rings (SSSR count). The molecule has 0 saturated carbocycles. The second-order valence-electron chi connectivity index (χ2n) is 6.53. The molecule has 0 spiro atoms. The zero-order chi connectivity index (χ0) is 20.4. The molecule has 1 fully saturated rings. The fourth-order valence-corrected chi connectivity index (χ4v) is 5.19. The second kappa shape index (κ2) is 8.37. The molecule has 0 unspecified atom stereocenters. The van der Waals surface area contributed by atoms with Crippen molar-refractivity contribution in [3.63, 3.8) is 0 Å². The van der Waals surface area contributed by atoms with Crippen LogP contribution in [0.4, 0.5) is 0 Å². The van der Waals surface area contributed by atoms with Crippen molar-refractivity contribution in [2.24, 2.45) is 0 Å². The van der Waals surface area contributed by atoms with Gasteiger partial charge in [-0.25, -0.2) is 0 Å². The zero-order valence-corrected chi connectivity index (χ0v) is 17.7. The lowest BCUT2D eigenvalue weighted by Crippen LogP contribution is -2.35. The zero-order valence-electron chi connectivity index (χ0n) is 15.3. The quantitative estimate of drug-likeness (QED) is 0.627. The van der Waals surface area contributed by atoms with Crippen LogP contribution in [0.15, 0.2) is 46.6 Å². The number of likely N-dealkylation sites (tertiary alicyclic amines) is 1. The van der Waals surface area contributed by atoms with Crippen LogP contribution in [0.2, 0.25) is 5.02 Å². The first-order chi connectivity index (χ1) is 14.1. The van der Waals surface area contributed by atoms with Crippen molar-refractivity contribution in [3.8, 4) is 11.8 Å². The molecule has 0 N–H and O–H groups in total. The molecule has 1 amide bonds. The van der Waals surface area contributed by atoms with Crippen LogP contribution in [-0.2, 0) is 4.79 Å². The van der Waals surface area contributed by atoms with Gasteiger partial charge in [-0.3, -0.25) is 14.2 Å². The fourth-order valence-electron chi connectivity index (χ4n) is 3.24. The predicted octanol–water partition coefficient (Wildman–Crippen LogP) is 2.74. The molecular formula is C21H16ClN3O2S2. The molecule has 0 bridgehead atoms. The average Bonchev–Trinajstić information content (AvgIpc) is 3.47. The molecule has 1 aromatic carbocycles. The van der Waals surface area contributed by atoms with E-state index in [0.29, 0.717) is 33.0 Å². The monoisotopic (exact) mass is 441 g/mol. The highest BCUT2D eigenvalue weighted by Gasteiger charge is 2.24. The molecule has 1 aliphatic heterocycles. The lowest BCUT2D eigenvalue weighted by molar-refractivity contribution is -0.123. The Balaban J connectivity index is 2.01. The van der Waals surface area contributed by atoms with E-state index in [2.05, 4.69) is 6.07 Å². The molecule has 3 heterocycles. The van der Waals surface area contributed by atoms with E-state index in [1.807, 2.05) is 17.5 Å². The molecule has 1 aliphatic rings. The van der Waals surface area contributed by atoms with Gasteiger partial charge in [0.2, 0.25) is 0 Å². The summed E-state index contributed by atoms with van der Waals surface area (Å²) in [4.78, 5) is 28.8. The highest BCUT2D eigenvalue weighted by Crippen LogP contribution is 2.14. The standard InChI is InChI=1S/C21H16ClN3O2S2/c22-14-5-7-15(8-6-14)25-20(27)18(12-16-4-3-11-28-16)29-21(25)17(13-23)19(26)24-9-1-2-10-24/h3-8,11-12H,1-2,9-10H2/b18-12+,21-17-. The Hall–Kier alpha value is -2.66. The first kappa shape index (κ1) is 19.6. The summed E-state index contributed by atoms with van der Waals surface area (Å²) >= 11 is 8.68. The predicted molar refractivity (Wildman–Crippen MR) is 117 cm³/mol. The van der Waals surface area contributed by atoms with E-state index < -0.39 is 0 Å². The van der Waals surface area contributed by atoms with Gasteiger partial charge in [0.25, 0.3) is 11.5 Å². The van der Waals surface area contributed by atoms with Gasteiger partial charge in [0.05, 0.1) is 10.2 Å². The number of nitriles is 1. The first-order valence-corrected chi connectivity index (χ1v) is 11.1. The van der Waals surface area contributed by atoms with Crippen LogP contribution in [0.1, 0.15) is 17.7 Å². The summed E-state index contributed by atoms with van der Waals surface area (Å²) in [5.74, 6) is -0.323. The summed E-state index contributed by atoms with van der Waals surface area (Å²) < 4.78 is 2.26. The molecule has 0 radical (unpaired) electrons. The van der Waals surface area contributed by atoms with Crippen LogP contribution >= 0.6 is 34.3 Å². The van der Waals surface area contributed by atoms with Gasteiger partial charge in [-0.05, 0) is 54.6 Å². The van der Waals surface area contributed by atoms with E-state index in [-0.39, 0.29) is 17.0 Å². The Labute approximate surface area is 180 Å². The number of rotatable bonds is 3. The molecule has 146 valence electrons. The van der Waals surface area contributed by atoms with Crippen LogP contribution in [0, 0.1) is 11.3 Å². The lowest BCUT2D eigenvalue weighted by Gasteiger charge is -2.14. The SMILES string of the molecule is N#C/C(C(=O)N1CCCC1)=c1/s/c(=C/c2cccs2)c(=O)n1-c1ccc(Cl)cc1. The number of aromatic nitrogens is 1. The lowest BCUT2D eigenvalue weighted by atomic mass is 10.2. The van der Waals surface area contributed by atoms with Gasteiger partial charge in [0, 0.05) is 23.0 Å². The molecular weight excluding hydrogens is 426 g/mol. The van der Waals surface area contributed by atoms with Crippen molar-refractivity contribution in [1.29, 1.82) is 5.26 Å². The number of thiazole rings is 1. The average molecular weight is 442 g/mol. The van der Waals surface area contributed by atoms with Crippen molar-refractivity contribution >= 4 is 51.8 Å². The minimum Gasteiger partial charge on any atom is -0.338 e. The van der Waals surface area contributed by atoms with Crippen molar-refractivity contribution in [2.75, 3.05) is 13.1 Å². The van der Waals surface area contributed by atoms with E-state index >= 15 is 0 Å². The number of hydrogen-bond donors (Lipinski definition) is 0. The van der Waals surface area contributed by atoms with Crippen molar-refractivity contribution in [1.82, 2.24) is 9.47 Å². The minimum absolute atomic E-state index is 0.00483. The number of amides is 1. The number of nitrogens with zero attached hydrogens (tertiary/aromatic N) is 3. The molecule has 29 heavy (non-hydrogen) atoms. The maximum Gasteiger partial charge on any atom is 0.273 e. The Morgan fingerprint density at radius 1 is 1.17 bits per heavy atom. The molecule has 0 aliphatic carbocycles. The van der Waals surface area contributed by atoms with Gasteiger partial charge in [0.1, 0.15) is 10.7 Å². The summed E-state index contributed by atoms with van der Waals surface area (Å²) in [6.07, 6.45) is 3.65. The molecule has 8 heteroatoms. The Morgan fingerprint density at radius 3 is 2.52 bits per heavy atom. The van der Waals surface area contributed by atoms with Crippen LogP contribution in [-0.4, -0.2) is 28.5 Å². The van der Waals surface area contributed by atoms with Gasteiger partial charge in [-0.15, -0.1) is 22.7 Å². The topological polar surface area (TPSA) is 66.1 Å². The Kier molecular flexibility index (Phi) is 5.67. The summed E-state index contributed by atoms with van der Waals surface area (Å²) in [7, 11) is 0. The summed E-state index contributed by atoms with van der Waals surface area (Å²) in [5, 5.41) is 12.3. The molecule has 1 saturated heterocycles. The number of thiophene rings is 1. The second-order valence-corrected chi connectivity index (χ2v) is 8.98. The van der Waals surface area contributed by atoms with E-state index in [1.54, 1.807) is 35.2 Å². The number of carbonyl (C=O) groups is 1. The van der Waals surface area contributed by atoms with Gasteiger partial charge in [-0.1, -0.05) is 17.7 Å². The third-order valence-electron chi connectivity index (χ3n) is 4.66. The molecule has 3 aromatic rings. The van der Waals surface area contributed by atoms with E-state index in [0.717, 1.165) is 29.1 Å². The van der Waals surface area contributed by atoms with Gasteiger partial charge in [-0.2, -0.15) is 5.26 Å². The van der Waals surface area contributed by atoms with Crippen LogP contribution in [0.25, 0.3) is 17.3 Å². The van der Waals surface area contributed by atoms with Crippen molar-refractivity contribution in [2.45, 2.75) is 12.8 Å². The molecule has 0 atom stereocenters. The third kappa shape index (κ3) is 3.92. The summed E-state index contributed by atoms with van der Waals surface area (Å²) in [6.45, 7) is 1.27. The van der Waals surface area contributed by atoms with Crippen LogP contribution in [0.5, 0.6) is 0 Å². The number of hydrogen-bond acceptors (Lipinski definition) is 5. The number of halogens is 1. The number of carbonyl (C=O) groups excluding carboxylic acids is 1. The largest absolute Gasteiger partial charge is 0.338 e. The number of benzene rings is 1. The Bertz CT molecular complexity index is 1260. The van der Waals surface area contributed by atoms with Crippen molar-refractivity contribution < 1.29 is 4.79 Å². The van der Waals surface area contributed by atoms with Gasteiger partial charge >= 0.3 is 0 Å². The normalized spacial score (nSPS) is 15.4. The highest BCUT2D eigenvalue weighted by atomic mass is 35.5. The maximum absolute atomic E-state index is 13.2. The van der Waals surface area contributed by atoms with Gasteiger partial charge < -0.3 is 4.90 Å². The van der Waals surface area contributed by atoms with Gasteiger partial charge in [0.15, 0.2) is 5.57 Å². The smallest absolute Gasteiger partial charge is 0.273 e. The van der Waals surface area contributed by atoms with E-state index in [1.165, 1.54) is 15.9 Å². The fraction of sp³-hybridized carbons (Fsp3) is 0.190. The first-order valence-electron chi connectivity index (χ1n) is 9.05. The summed E-state index contributed by atoms with van der Waals surface area (Å²) in [5.41, 5.74) is 0.302. The van der Waals surface area contributed by atoms with Crippen LogP contribution < -0.4 is 14.8 Å². The highest BCUT2D eigenvalue weighted by molar-refractivity contribution is 7.11.